The van der Waals surface area contributed by atoms with Crippen LogP contribution in [0, 0.1) is 0 Å². The van der Waals surface area contributed by atoms with Crippen molar-refractivity contribution in [3.05, 3.63) is 192 Å². The summed E-state index contributed by atoms with van der Waals surface area (Å²) in [4.78, 5) is 0. The first-order valence-electron chi connectivity index (χ1n) is 16.7. The molecule has 0 amide bonds. The lowest BCUT2D eigenvalue weighted by Gasteiger charge is -2.32. The van der Waals surface area contributed by atoms with Crippen molar-refractivity contribution in [2.45, 2.75) is 5.41 Å². The van der Waals surface area contributed by atoms with Gasteiger partial charge in [-0.05, 0) is 108 Å². The maximum Gasteiger partial charge on any atom is 0.136 e. The van der Waals surface area contributed by atoms with Gasteiger partial charge >= 0.3 is 0 Å². The number of para-hydroxylation sites is 1. The van der Waals surface area contributed by atoms with Crippen molar-refractivity contribution >= 4 is 32.7 Å². The second-order valence-corrected chi connectivity index (χ2v) is 13.2. The minimum atomic E-state index is -0.441. The van der Waals surface area contributed by atoms with Gasteiger partial charge in [0.15, 0.2) is 0 Å². The van der Waals surface area contributed by atoms with E-state index in [4.69, 9.17) is 4.42 Å². The molecule has 8 aromatic carbocycles. The highest BCUT2D eigenvalue weighted by Crippen LogP contribution is 2.64. The summed E-state index contributed by atoms with van der Waals surface area (Å²) in [5, 5.41) is 4.85. The zero-order chi connectivity index (χ0) is 31.4. The van der Waals surface area contributed by atoms with Crippen LogP contribution in [0.2, 0.25) is 0 Å². The van der Waals surface area contributed by atoms with Crippen LogP contribution in [0.1, 0.15) is 22.3 Å². The summed E-state index contributed by atoms with van der Waals surface area (Å²) < 4.78 is 6.32. The molecule has 1 spiro atoms. The lowest BCUT2D eigenvalue weighted by molar-refractivity contribution is 0.669. The fraction of sp³-hybridized carbons (Fsp3) is 0.0213. The molecular weight excluding hydrogens is 581 g/mol. The fourth-order valence-corrected chi connectivity index (χ4v) is 8.86. The maximum atomic E-state index is 6.32. The number of rotatable bonds is 2. The Morgan fingerprint density at radius 3 is 1.75 bits per heavy atom. The molecule has 2 aliphatic rings. The third-order valence-electron chi connectivity index (χ3n) is 10.9. The monoisotopic (exact) mass is 608 g/mol. The van der Waals surface area contributed by atoms with Crippen molar-refractivity contribution in [2.75, 3.05) is 0 Å². The summed E-state index contributed by atoms with van der Waals surface area (Å²) in [6.45, 7) is 0. The van der Waals surface area contributed by atoms with Gasteiger partial charge in [-0.2, -0.15) is 0 Å². The van der Waals surface area contributed by atoms with Crippen LogP contribution in [0.5, 0.6) is 0 Å². The van der Waals surface area contributed by atoms with Crippen LogP contribution < -0.4 is 0 Å². The Labute approximate surface area is 278 Å². The zero-order valence-corrected chi connectivity index (χ0v) is 26.1. The van der Waals surface area contributed by atoms with E-state index in [-0.39, 0.29) is 0 Å². The van der Waals surface area contributed by atoms with E-state index in [1.807, 2.05) is 12.1 Å². The molecule has 11 rings (SSSR count). The van der Waals surface area contributed by atoms with Crippen LogP contribution in [-0.4, -0.2) is 0 Å². The molecule has 1 nitrogen and oxygen atoms in total. The van der Waals surface area contributed by atoms with E-state index in [2.05, 4.69) is 158 Å². The molecule has 1 aromatic heterocycles. The minimum Gasteiger partial charge on any atom is -0.456 e. The lowest BCUT2D eigenvalue weighted by Crippen LogP contribution is -2.26. The highest BCUT2D eigenvalue weighted by molar-refractivity contribution is 6.07. The third-order valence-corrected chi connectivity index (χ3v) is 10.9. The number of fused-ring (bicyclic) bond motifs is 15. The van der Waals surface area contributed by atoms with Crippen LogP contribution in [-0.2, 0) is 5.41 Å². The van der Waals surface area contributed by atoms with Crippen LogP contribution in [0.15, 0.2) is 174 Å². The Bertz CT molecular complexity index is 2740. The summed E-state index contributed by atoms with van der Waals surface area (Å²) in [7, 11) is 0. The van der Waals surface area contributed by atoms with Crippen molar-refractivity contribution in [1.29, 1.82) is 0 Å². The molecule has 0 saturated heterocycles. The van der Waals surface area contributed by atoms with Crippen LogP contribution in [0.25, 0.3) is 77.2 Å². The molecule has 2 aliphatic carbocycles. The van der Waals surface area contributed by atoms with E-state index in [1.165, 1.54) is 72.0 Å². The molecule has 0 bridgehead atoms. The number of benzene rings is 8. The quantitative estimate of drug-likeness (QED) is 0.190. The molecule has 0 radical (unpaired) electrons. The summed E-state index contributed by atoms with van der Waals surface area (Å²) >= 11 is 0. The molecule has 9 aromatic rings. The van der Waals surface area contributed by atoms with E-state index in [0.29, 0.717) is 0 Å². The van der Waals surface area contributed by atoms with Gasteiger partial charge < -0.3 is 4.42 Å². The van der Waals surface area contributed by atoms with Gasteiger partial charge in [0.05, 0.1) is 5.41 Å². The molecule has 0 saturated carbocycles. The topological polar surface area (TPSA) is 13.1 Å². The Morgan fingerprint density at radius 1 is 0.333 bits per heavy atom. The van der Waals surface area contributed by atoms with Gasteiger partial charge in [-0.1, -0.05) is 140 Å². The van der Waals surface area contributed by atoms with E-state index in [1.54, 1.807) is 0 Å². The molecule has 1 heteroatoms. The molecule has 1 heterocycles. The molecule has 0 N–H and O–H groups in total. The van der Waals surface area contributed by atoms with Crippen LogP contribution in [0.3, 0.4) is 0 Å². The van der Waals surface area contributed by atoms with Crippen LogP contribution >= 0.6 is 0 Å². The highest BCUT2D eigenvalue weighted by atomic mass is 16.3. The van der Waals surface area contributed by atoms with E-state index in [0.717, 1.165) is 27.5 Å². The molecule has 0 unspecified atom stereocenters. The highest BCUT2D eigenvalue weighted by Gasteiger charge is 2.52. The summed E-state index contributed by atoms with van der Waals surface area (Å²) in [5.41, 5.74) is 16.9. The van der Waals surface area contributed by atoms with Crippen molar-refractivity contribution < 1.29 is 4.42 Å². The second kappa shape index (κ2) is 9.44. The smallest absolute Gasteiger partial charge is 0.136 e. The molecule has 222 valence electrons. The number of furan rings is 1. The Kier molecular flexibility index (Phi) is 5.10. The molecular formula is C47H28O. The summed E-state index contributed by atoms with van der Waals surface area (Å²) in [5.74, 6) is 0. The van der Waals surface area contributed by atoms with Crippen molar-refractivity contribution in [2.24, 2.45) is 0 Å². The first-order valence-corrected chi connectivity index (χ1v) is 16.7. The fourth-order valence-electron chi connectivity index (χ4n) is 8.86. The molecule has 48 heavy (non-hydrogen) atoms. The largest absolute Gasteiger partial charge is 0.456 e. The van der Waals surface area contributed by atoms with Gasteiger partial charge in [-0.3, -0.25) is 0 Å². The Morgan fingerprint density at radius 2 is 0.917 bits per heavy atom. The maximum absolute atomic E-state index is 6.32. The second-order valence-electron chi connectivity index (χ2n) is 13.2. The SMILES string of the molecule is c1ccc(-c2ccc3c(c2)C2(c4ccccc4-c4ccccc42)c2c-3ccc3ccc(-c4ccc5c(c4)oc4ccccc45)cc23)cc1. The average Bonchev–Trinajstić information content (AvgIpc) is 3.78. The average molecular weight is 609 g/mol. The van der Waals surface area contributed by atoms with Crippen molar-refractivity contribution in [3.63, 3.8) is 0 Å². The van der Waals surface area contributed by atoms with Crippen molar-refractivity contribution in [1.82, 2.24) is 0 Å². The standard InChI is InChI=1S/C47H28O/c1-2-10-29(11-3-1)32-21-23-36-39-25-20-30-18-19-31(33-22-24-38-37-14-6-9-17-44(37)48-45(38)28-33)26-40(30)46(39)47(43(36)27-32)41-15-7-4-12-34(41)35-13-5-8-16-42(35)47/h1-28H. The molecule has 0 atom stereocenters. The normalized spacial score (nSPS) is 13.6. The van der Waals surface area contributed by atoms with Crippen LogP contribution in [0.4, 0.5) is 0 Å². The Hall–Kier alpha value is -6.18. The van der Waals surface area contributed by atoms with Gasteiger partial charge in [0, 0.05) is 10.8 Å². The van der Waals surface area contributed by atoms with Crippen molar-refractivity contribution in [3.8, 4) is 44.5 Å². The van der Waals surface area contributed by atoms with Gasteiger partial charge in [0.25, 0.3) is 0 Å². The lowest BCUT2D eigenvalue weighted by atomic mass is 9.69. The van der Waals surface area contributed by atoms with Gasteiger partial charge in [0.2, 0.25) is 0 Å². The predicted molar refractivity (Wildman–Crippen MR) is 198 cm³/mol. The van der Waals surface area contributed by atoms with Gasteiger partial charge in [-0.25, -0.2) is 0 Å². The first-order chi connectivity index (χ1) is 23.8. The first kappa shape index (κ1) is 25.9. The summed E-state index contributed by atoms with van der Waals surface area (Å²) in [6, 6.07) is 62.6. The third kappa shape index (κ3) is 3.30. The van der Waals surface area contributed by atoms with Gasteiger partial charge in [0.1, 0.15) is 11.2 Å². The Balaban J connectivity index is 1.22. The predicted octanol–water partition coefficient (Wildman–Crippen LogP) is 12.4. The zero-order valence-electron chi connectivity index (χ0n) is 26.1. The minimum absolute atomic E-state index is 0.441. The molecule has 0 fully saturated rings. The number of hydrogen-bond donors (Lipinski definition) is 0. The summed E-state index contributed by atoms with van der Waals surface area (Å²) in [6.07, 6.45) is 0. The molecule has 0 aliphatic heterocycles. The number of hydrogen-bond acceptors (Lipinski definition) is 1. The van der Waals surface area contributed by atoms with E-state index < -0.39 is 5.41 Å². The van der Waals surface area contributed by atoms with E-state index >= 15 is 0 Å². The van der Waals surface area contributed by atoms with E-state index in [9.17, 15) is 0 Å². The van der Waals surface area contributed by atoms with Gasteiger partial charge in [-0.15, -0.1) is 0 Å².